The SMILES string of the molecule is CC[C@H](C)CC(=O)NC1(C(=O)NC(Cc2ccc(-c3ccccc3)s2)C(=O)O)CCCC1. The summed E-state index contributed by atoms with van der Waals surface area (Å²) in [7, 11) is 0. The number of hydrogen-bond acceptors (Lipinski definition) is 4. The van der Waals surface area contributed by atoms with Crippen LogP contribution in [0.3, 0.4) is 0 Å². The van der Waals surface area contributed by atoms with Gasteiger partial charge in [0.15, 0.2) is 0 Å². The molecular weight excluding hydrogens is 424 g/mol. The first-order valence-corrected chi connectivity index (χ1v) is 12.1. The number of nitrogens with one attached hydrogen (secondary N) is 2. The Morgan fingerprint density at radius 3 is 2.41 bits per heavy atom. The molecule has 3 N–H and O–H groups in total. The predicted octanol–water partition coefficient (Wildman–Crippen LogP) is 4.39. The van der Waals surface area contributed by atoms with Gasteiger partial charge in [0.05, 0.1) is 0 Å². The standard InChI is InChI=1S/C25H32N2O4S/c1-3-17(2)15-22(28)27-25(13-7-8-14-25)24(31)26-20(23(29)30)16-19-11-12-21(32-19)18-9-5-4-6-10-18/h4-6,9-12,17,20H,3,7-8,13-16H2,1-2H3,(H,26,31)(H,27,28)(H,29,30)/t17-,20?/m0/s1. The van der Waals surface area contributed by atoms with Crippen molar-refractivity contribution in [3.05, 3.63) is 47.3 Å². The number of carboxylic acids is 1. The van der Waals surface area contributed by atoms with E-state index in [1.807, 2.05) is 56.3 Å². The zero-order valence-electron chi connectivity index (χ0n) is 18.7. The van der Waals surface area contributed by atoms with Gasteiger partial charge in [0.1, 0.15) is 11.6 Å². The zero-order chi connectivity index (χ0) is 23.1. The maximum Gasteiger partial charge on any atom is 0.326 e. The maximum absolute atomic E-state index is 13.2. The van der Waals surface area contributed by atoms with Gasteiger partial charge in [-0.05, 0) is 36.5 Å². The molecule has 6 nitrogen and oxygen atoms in total. The van der Waals surface area contributed by atoms with Crippen molar-refractivity contribution in [2.45, 2.75) is 70.4 Å². The van der Waals surface area contributed by atoms with Crippen LogP contribution in [0.5, 0.6) is 0 Å². The van der Waals surface area contributed by atoms with Crippen LogP contribution in [0.2, 0.25) is 0 Å². The highest BCUT2D eigenvalue weighted by Crippen LogP contribution is 2.31. The summed E-state index contributed by atoms with van der Waals surface area (Å²) in [6.45, 7) is 4.04. The summed E-state index contributed by atoms with van der Waals surface area (Å²) >= 11 is 1.53. The topological polar surface area (TPSA) is 95.5 Å². The third-order valence-corrected chi connectivity index (χ3v) is 7.39. The summed E-state index contributed by atoms with van der Waals surface area (Å²) in [6, 6.07) is 12.7. The second-order valence-corrected chi connectivity index (χ2v) is 9.92. The Morgan fingerprint density at radius 1 is 1.09 bits per heavy atom. The van der Waals surface area contributed by atoms with Crippen molar-refractivity contribution in [3.8, 4) is 10.4 Å². The van der Waals surface area contributed by atoms with Gasteiger partial charge < -0.3 is 15.7 Å². The van der Waals surface area contributed by atoms with Crippen LogP contribution in [-0.2, 0) is 20.8 Å². The molecule has 2 aromatic rings. The van der Waals surface area contributed by atoms with E-state index in [9.17, 15) is 19.5 Å². The molecule has 32 heavy (non-hydrogen) atoms. The molecular formula is C25H32N2O4S. The van der Waals surface area contributed by atoms with Gasteiger partial charge in [0.25, 0.3) is 0 Å². The molecule has 1 heterocycles. The lowest BCUT2D eigenvalue weighted by Crippen LogP contribution is -2.60. The van der Waals surface area contributed by atoms with Crippen molar-refractivity contribution in [3.63, 3.8) is 0 Å². The highest BCUT2D eigenvalue weighted by molar-refractivity contribution is 7.15. The first-order chi connectivity index (χ1) is 15.3. The Bertz CT molecular complexity index is 934. The van der Waals surface area contributed by atoms with E-state index in [1.54, 1.807) is 0 Å². The van der Waals surface area contributed by atoms with Gasteiger partial charge in [-0.1, -0.05) is 63.4 Å². The normalized spacial score (nSPS) is 16.8. The molecule has 1 aromatic carbocycles. The van der Waals surface area contributed by atoms with Gasteiger partial charge in [-0.25, -0.2) is 4.79 Å². The molecule has 1 fully saturated rings. The van der Waals surface area contributed by atoms with Crippen molar-refractivity contribution in [2.75, 3.05) is 0 Å². The molecule has 1 aliphatic rings. The van der Waals surface area contributed by atoms with Crippen molar-refractivity contribution >= 4 is 29.1 Å². The third-order valence-electron chi connectivity index (χ3n) is 6.23. The lowest BCUT2D eigenvalue weighted by atomic mass is 9.94. The van der Waals surface area contributed by atoms with Gasteiger partial charge in [-0.15, -0.1) is 11.3 Å². The number of rotatable bonds is 10. The Balaban J connectivity index is 1.69. The quantitative estimate of drug-likeness (QED) is 0.494. The van der Waals surface area contributed by atoms with Gasteiger partial charge in [0, 0.05) is 22.6 Å². The van der Waals surface area contributed by atoms with E-state index in [4.69, 9.17) is 0 Å². The molecule has 172 valence electrons. The van der Waals surface area contributed by atoms with Crippen LogP contribution in [0.15, 0.2) is 42.5 Å². The summed E-state index contributed by atoms with van der Waals surface area (Å²) in [5.74, 6) is -1.37. The van der Waals surface area contributed by atoms with E-state index in [-0.39, 0.29) is 24.2 Å². The first-order valence-electron chi connectivity index (χ1n) is 11.3. The van der Waals surface area contributed by atoms with Crippen molar-refractivity contribution < 1.29 is 19.5 Å². The number of carbonyl (C=O) groups is 3. The van der Waals surface area contributed by atoms with Crippen LogP contribution in [0.1, 0.15) is 57.2 Å². The van der Waals surface area contributed by atoms with E-state index < -0.39 is 17.6 Å². The van der Waals surface area contributed by atoms with E-state index >= 15 is 0 Å². The average Bonchev–Trinajstić information content (AvgIpc) is 3.44. The number of aliphatic carboxylic acids is 1. The Hall–Kier alpha value is -2.67. The summed E-state index contributed by atoms with van der Waals surface area (Å²) in [4.78, 5) is 39.6. The minimum absolute atomic E-state index is 0.144. The number of carbonyl (C=O) groups excluding carboxylic acids is 2. The summed E-state index contributed by atoms with van der Waals surface area (Å²) < 4.78 is 0. The molecule has 0 spiro atoms. The second-order valence-electron chi connectivity index (χ2n) is 8.76. The van der Waals surface area contributed by atoms with Gasteiger partial charge in [0.2, 0.25) is 11.8 Å². The van der Waals surface area contributed by atoms with Crippen LogP contribution in [0, 0.1) is 5.92 Å². The predicted molar refractivity (Wildman–Crippen MR) is 126 cm³/mol. The molecule has 0 aliphatic heterocycles. The molecule has 0 bridgehead atoms. The number of thiophene rings is 1. The molecule has 2 atom stereocenters. The molecule has 1 saturated carbocycles. The maximum atomic E-state index is 13.2. The van der Waals surface area contributed by atoms with Crippen LogP contribution in [0.4, 0.5) is 0 Å². The molecule has 0 saturated heterocycles. The second kappa shape index (κ2) is 10.8. The smallest absolute Gasteiger partial charge is 0.326 e. The van der Waals surface area contributed by atoms with Crippen molar-refractivity contribution in [1.82, 2.24) is 10.6 Å². The van der Waals surface area contributed by atoms with Gasteiger partial charge in [-0.3, -0.25) is 9.59 Å². The zero-order valence-corrected chi connectivity index (χ0v) is 19.5. The van der Waals surface area contributed by atoms with Crippen molar-refractivity contribution in [1.29, 1.82) is 0 Å². The average molecular weight is 457 g/mol. The van der Waals surface area contributed by atoms with Crippen LogP contribution >= 0.6 is 11.3 Å². The highest BCUT2D eigenvalue weighted by Gasteiger charge is 2.43. The molecule has 2 amide bonds. The minimum atomic E-state index is -1.08. The highest BCUT2D eigenvalue weighted by atomic mass is 32.1. The first kappa shape index (κ1) is 24.0. The Morgan fingerprint density at radius 2 is 1.78 bits per heavy atom. The molecule has 7 heteroatoms. The molecule has 1 aromatic heterocycles. The van der Waals surface area contributed by atoms with Crippen LogP contribution < -0.4 is 10.6 Å². The van der Waals surface area contributed by atoms with Crippen molar-refractivity contribution in [2.24, 2.45) is 5.92 Å². The fourth-order valence-corrected chi connectivity index (χ4v) is 5.17. The number of benzene rings is 1. The lowest BCUT2D eigenvalue weighted by molar-refractivity contribution is -0.143. The summed E-state index contributed by atoms with van der Waals surface area (Å²) in [5, 5.41) is 15.4. The van der Waals surface area contributed by atoms with E-state index in [2.05, 4.69) is 10.6 Å². The van der Waals surface area contributed by atoms with E-state index in [0.29, 0.717) is 19.3 Å². The van der Waals surface area contributed by atoms with Gasteiger partial charge >= 0.3 is 5.97 Å². The van der Waals surface area contributed by atoms with Crippen LogP contribution in [-0.4, -0.2) is 34.5 Å². The van der Waals surface area contributed by atoms with Gasteiger partial charge in [-0.2, -0.15) is 0 Å². The molecule has 3 rings (SSSR count). The van der Waals surface area contributed by atoms with Crippen LogP contribution in [0.25, 0.3) is 10.4 Å². The van der Waals surface area contributed by atoms with E-state index in [1.165, 1.54) is 11.3 Å². The van der Waals surface area contributed by atoms with E-state index in [0.717, 1.165) is 34.6 Å². The fraction of sp³-hybridized carbons (Fsp3) is 0.480. The summed E-state index contributed by atoms with van der Waals surface area (Å²) in [6.07, 6.45) is 4.20. The summed E-state index contributed by atoms with van der Waals surface area (Å²) in [5.41, 5.74) is 0.0664. The fourth-order valence-electron chi connectivity index (χ4n) is 4.11. The molecule has 1 aliphatic carbocycles. The lowest BCUT2D eigenvalue weighted by Gasteiger charge is -2.31. The third kappa shape index (κ3) is 5.97. The monoisotopic (exact) mass is 456 g/mol. The molecule has 0 radical (unpaired) electrons. The Kier molecular flexibility index (Phi) is 8.07. The number of amides is 2. The Labute approximate surface area is 193 Å². The number of carboxylic acid groups (broad SMARTS) is 1. The molecule has 1 unspecified atom stereocenters. The number of hydrogen-bond donors (Lipinski definition) is 3. The largest absolute Gasteiger partial charge is 0.480 e. The minimum Gasteiger partial charge on any atom is -0.480 e.